The van der Waals surface area contributed by atoms with Crippen LogP contribution in [0.3, 0.4) is 0 Å². The first kappa shape index (κ1) is 27.9. The average molecular weight is 495 g/mol. The number of aliphatic hydroxyl groups is 4. The van der Waals surface area contributed by atoms with Gasteiger partial charge in [0.1, 0.15) is 6.10 Å². The molecule has 3 aliphatic rings. The van der Waals surface area contributed by atoms with Gasteiger partial charge < -0.3 is 25.2 Å². The maximum Gasteiger partial charge on any atom is 0.110 e. The maximum atomic E-state index is 10.7. The average Bonchev–Trinajstić information content (AvgIpc) is 3.18. The first-order valence-corrected chi connectivity index (χ1v) is 14.2. The minimum absolute atomic E-state index is 0.115. The summed E-state index contributed by atoms with van der Waals surface area (Å²) in [5, 5.41) is 41.0. The second-order valence-corrected chi connectivity index (χ2v) is 12.1. The summed E-state index contributed by atoms with van der Waals surface area (Å²) in [6, 6.07) is 0. The number of fused-ring (bicyclic) bond motifs is 1. The summed E-state index contributed by atoms with van der Waals surface area (Å²) in [5.41, 5.74) is 3.67. The van der Waals surface area contributed by atoms with Gasteiger partial charge in [-0.3, -0.25) is 0 Å². The highest BCUT2D eigenvalue weighted by molar-refractivity contribution is 8.00. The van der Waals surface area contributed by atoms with E-state index in [0.29, 0.717) is 24.0 Å². The van der Waals surface area contributed by atoms with Crippen LogP contribution in [0, 0.1) is 11.3 Å². The van der Waals surface area contributed by atoms with Crippen molar-refractivity contribution in [1.82, 2.24) is 0 Å². The van der Waals surface area contributed by atoms with E-state index in [1.165, 1.54) is 18.4 Å². The predicted octanol–water partition coefficient (Wildman–Crippen LogP) is 4.54. The van der Waals surface area contributed by atoms with Gasteiger partial charge in [0.15, 0.2) is 0 Å². The molecule has 194 valence electrons. The lowest BCUT2D eigenvalue weighted by atomic mass is 9.64. The van der Waals surface area contributed by atoms with Gasteiger partial charge in [0.25, 0.3) is 0 Å². The number of thioether (sulfide) groups is 1. The summed E-state index contributed by atoms with van der Waals surface area (Å²) < 4.78 is 5.44. The largest absolute Gasteiger partial charge is 0.394 e. The molecule has 0 saturated heterocycles. The van der Waals surface area contributed by atoms with Crippen LogP contribution in [0.1, 0.15) is 79.1 Å². The normalized spacial score (nSPS) is 34.2. The van der Waals surface area contributed by atoms with E-state index < -0.39 is 23.9 Å². The number of hydrogen-bond acceptors (Lipinski definition) is 6. The molecule has 0 aromatic carbocycles. The van der Waals surface area contributed by atoms with Crippen LogP contribution in [0.2, 0.25) is 0 Å². The minimum atomic E-state index is -0.751. The zero-order valence-electron chi connectivity index (χ0n) is 21.5. The Balaban J connectivity index is 1.67. The number of allylic oxidation sites excluding steroid dienone is 4. The Morgan fingerprint density at radius 1 is 1.21 bits per heavy atom. The Labute approximate surface area is 210 Å². The van der Waals surface area contributed by atoms with Crippen molar-refractivity contribution in [3.63, 3.8) is 0 Å². The van der Waals surface area contributed by atoms with Gasteiger partial charge in [0.05, 0.1) is 31.0 Å². The molecule has 5 atom stereocenters. The lowest BCUT2D eigenvalue weighted by molar-refractivity contribution is -0.115. The fourth-order valence-corrected chi connectivity index (χ4v) is 7.70. The molecule has 4 N–H and O–H groups in total. The lowest BCUT2D eigenvalue weighted by Gasteiger charge is -2.42. The number of ether oxygens (including phenoxy) is 1. The molecular formula is C28H46O5S. The molecule has 34 heavy (non-hydrogen) atoms. The first-order chi connectivity index (χ1) is 16.2. The van der Waals surface area contributed by atoms with Crippen molar-refractivity contribution in [2.75, 3.05) is 19.0 Å². The molecule has 0 amide bonds. The third-order valence-corrected chi connectivity index (χ3v) is 10.1. The Hall–Kier alpha value is -0.630. The summed E-state index contributed by atoms with van der Waals surface area (Å²) in [6.45, 7) is 8.88. The standard InChI is InChI=1S/C28H46O5S/c1-5-28(32,6-2)18-34-19(3)22-11-12-23-21(8-7-13-27(22,23)4)10-9-20-16-24(30)26(25(31)17-20)33-15-14-29/h9-11,19,23-26,29-32H,5-8,12-18H2,1-4H3/b20-9?,21-10+/t19-,23+,24-,25-,26?,27-/m1/s1. The first-order valence-electron chi connectivity index (χ1n) is 13.2. The molecule has 0 aliphatic heterocycles. The molecule has 6 heteroatoms. The van der Waals surface area contributed by atoms with Crippen molar-refractivity contribution < 1.29 is 25.2 Å². The van der Waals surface area contributed by atoms with Crippen LogP contribution < -0.4 is 0 Å². The van der Waals surface area contributed by atoms with Crippen LogP contribution in [-0.2, 0) is 4.74 Å². The summed E-state index contributed by atoms with van der Waals surface area (Å²) in [5.74, 6) is 1.29. The SMILES string of the molecule is CCC(O)(CC)CS[C@H](C)C1=CC[C@H]2/C(=C/C=C3C[C@@H](O)C(OCCO)[C@H](O)C3)CCC[C@]12C. The topological polar surface area (TPSA) is 90.2 Å². The van der Waals surface area contributed by atoms with Crippen molar-refractivity contribution in [3.05, 3.63) is 34.9 Å². The lowest BCUT2D eigenvalue weighted by Crippen LogP contribution is -2.44. The Kier molecular flexibility index (Phi) is 9.92. The summed E-state index contributed by atoms with van der Waals surface area (Å²) >= 11 is 1.89. The number of hydrogen-bond donors (Lipinski definition) is 4. The van der Waals surface area contributed by atoms with Gasteiger partial charge in [0.2, 0.25) is 0 Å². The van der Waals surface area contributed by atoms with E-state index in [-0.39, 0.29) is 18.6 Å². The highest BCUT2D eigenvalue weighted by atomic mass is 32.2. The van der Waals surface area contributed by atoms with Gasteiger partial charge in [-0.05, 0) is 69.6 Å². The summed E-state index contributed by atoms with van der Waals surface area (Å²) in [7, 11) is 0. The van der Waals surface area contributed by atoms with Crippen LogP contribution in [0.15, 0.2) is 34.9 Å². The molecule has 0 aromatic rings. The van der Waals surface area contributed by atoms with Gasteiger partial charge >= 0.3 is 0 Å². The Morgan fingerprint density at radius 2 is 1.88 bits per heavy atom. The molecule has 0 bridgehead atoms. The second-order valence-electron chi connectivity index (χ2n) is 10.8. The third kappa shape index (κ3) is 6.19. The van der Waals surface area contributed by atoms with Gasteiger partial charge in [-0.25, -0.2) is 0 Å². The van der Waals surface area contributed by atoms with Gasteiger partial charge in [0, 0.05) is 11.0 Å². The fraction of sp³-hybridized carbons (Fsp3) is 0.786. The van der Waals surface area contributed by atoms with Crippen molar-refractivity contribution >= 4 is 11.8 Å². The molecule has 2 fully saturated rings. The highest BCUT2D eigenvalue weighted by Gasteiger charge is 2.46. The molecule has 0 spiro atoms. The number of aliphatic hydroxyl groups excluding tert-OH is 3. The van der Waals surface area contributed by atoms with E-state index in [4.69, 9.17) is 9.84 Å². The van der Waals surface area contributed by atoms with Crippen LogP contribution in [0.5, 0.6) is 0 Å². The van der Waals surface area contributed by atoms with Crippen LogP contribution in [-0.4, -0.2) is 68.6 Å². The van der Waals surface area contributed by atoms with Crippen LogP contribution in [0.4, 0.5) is 0 Å². The zero-order chi connectivity index (χ0) is 24.9. The monoisotopic (exact) mass is 494 g/mol. The summed E-state index contributed by atoms with van der Waals surface area (Å²) in [4.78, 5) is 0. The van der Waals surface area contributed by atoms with Gasteiger partial charge in [-0.1, -0.05) is 55.7 Å². The van der Waals surface area contributed by atoms with Crippen molar-refractivity contribution in [2.45, 2.75) is 108 Å². The van der Waals surface area contributed by atoms with E-state index in [1.807, 2.05) is 11.8 Å². The molecule has 3 rings (SSSR count). The summed E-state index contributed by atoms with van der Waals surface area (Å²) in [6.07, 6.45) is 11.8. The smallest absolute Gasteiger partial charge is 0.110 e. The second kappa shape index (κ2) is 12.1. The molecule has 3 aliphatic carbocycles. The number of rotatable bonds is 10. The zero-order valence-corrected chi connectivity index (χ0v) is 22.3. The Morgan fingerprint density at radius 3 is 2.50 bits per heavy atom. The molecule has 0 unspecified atom stereocenters. The van der Waals surface area contributed by atoms with Crippen LogP contribution >= 0.6 is 11.8 Å². The molecule has 0 heterocycles. The van der Waals surface area contributed by atoms with Gasteiger partial charge in [-0.2, -0.15) is 11.8 Å². The van der Waals surface area contributed by atoms with E-state index >= 15 is 0 Å². The van der Waals surface area contributed by atoms with Crippen molar-refractivity contribution in [3.8, 4) is 0 Å². The molecule has 0 aromatic heterocycles. The highest BCUT2D eigenvalue weighted by Crippen LogP contribution is 2.57. The fourth-order valence-electron chi connectivity index (χ4n) is 6.19. The maximum absolute atomic E-state index is 10.7. The van der Waals surface area contributed by atoms with E-state index in [0.717, 1.165) is 37.0 Å². The predicted molar refractivity (Wildman–Crippen MR) is 140 cm³/mol. The quantitative estimate of drug-likeness (QED) is 0.333. The van der Waals surface area contributed by atoms with Crippen molar-refractivity contribution in [2.24, 2.45) is 11.3 Å². The Bertz CT molecular complexity index is 757. The molecular weight excluding hydrogens is 448 g/mol. The molecule has 2 saturated carbocycles. The molecule has 5 nitrogen and oxygen atoms in total. The molecule has 0 radical (unpaired) electrons. The van der Waals surface area contributed by atoms with Gasteiger partial charge in [-0.15, -0.1) is 0 Å². The van der Waals surface area contributed by atoms with Crippen molar-refractivity contribution in [1.29, 1.82) is 0 Å². The van der Waals surface area contributed by atoms with Crippen LogP contribution in [0.25, 0.3) is 0 Å². The van der Waals surface area contributed by atoms with E-state index in [2.05, 4.69) is 45.9 Å². The van der Waals surface area contributed by atoms with E-state index in [1.54, 1.807) is 5.57 Å². The van der Waals surface area contributed by atoms with E-state index in [9.17, 15) is 15.3 Å². The minimum Gasteiger partial charge on any atom is -0.394 e. The third-order valence-electron chi connectivity index (χ3n) is 8.60.